The van der Waals surface area contributed by atoms with Crippen LogP contribution in [-0.2, 0) is 0 Å². The zero-order chi connectivity index (χ0) is 15.6. The van der Waals surface area contributed by atoms with Crippen molar-refractivity contribution in [3.63, 3.8) is 0 Å². The molecule has 1 amide bonds. The van der Waals surface area contributed by atoms with Gasteiger partial charge in [-0.25, -0.2) is 4.39 Å². The first-order valence-corrected chi connectivity index (χ1v) is 7.39. The number of halogens is 5. The van der Waals surface area contributed by atoms with Crippen LogP contribution in [0.25, 0.3) is 0 Å². The van der Waals surface area contributed by atoms with Crippen molar-refractivity contribution >= 4 is 21.8 Å². The van der Waals surface area contributed by atoms with Gasteiger partial charge in [-0.05, 0) is 53.4 Å². The fourth-order valence-corrected chi connectivity index (χ4v) is 3.09. The Hall–Kier alpha value is -1.11. The van der Waals surface area contributed by atoms with E-state index in [-0.39, 0.29) is 22.9 Å². The number of hydrogen-bond acceptors (Lipinski definition) is 1. The number of rotatable bonds is 2. The minimum absolute atomic E-state index is 0.103. The van der Waals surface area contributed by atoms with Crippen LogP contribution in [0, 0.1) is 11.7 Å². The molecule has 1 aliphatic rings. The lowest BCUT2D eigenvalue weighted by Crippen LogP contribution is -2.41. The van der Waals surface area contributed by atoms with Crippen LogP contribution in [0.1, 0.15) is 36.0 Å². The molecule has 1 saturated carbocycles. The third-order valence-electron chi connectivity index (χ3n) is 3.65. The molecule has 116 valence electrons. The minimum atomic E-state index is -4.22. The van der Waals surface area contributed by atoms with Gasteiger partial charge in [0.1, 0.15) is 5.82 Å². The molecule has 0 heterocycles. The molecule has 2 nitrogen and oxygen atoms in total. The molecule has 1 aliphatic carbocycles. The maximum atomic E-state index is 13.0. The second-order valence-electron chi connectivity index (χ2n) is 5.20. The SMILES string of the molecule is O=C(NC1CCCC(C(F)(F)F)C1)c1ccc(F)cc1Br. The summed E-state index contributed by atoms with van der Waals surface area (Å²) in [6.07, 6.45) is -3.26. The first kappa shape index (κ1) is 16.3. The van der Waals surface area contributed by atoms with Crippen LogP contribution in [0.2, 0.25) is 0 Å². The average molecular weight is 368 g/mol. The molecular formula is C14H14BrF4NO. The summed E-state index contributed by atoms with van der Waals surface area (Å²) in [6, 6.07) is 3.08. The lowest BCUT2D eigenvalue weighted by molar-refractivity contribution is -0.183. The molecule has 0 radical (unpaired) electrons. The summed E-state index contributed by atoms with van der Waals surface area (Å²) in [5.74, 6) is -2.35. The fraction of sp³-hybridized carbons (Fsp3) is 0.500. The van der Waals surface area contributed by atoms with E-state index in [1.54, 1.807) is 0 Å². The van der Waals surface area contributed by atoms with Gasteiger partial charge in [-0.15, -0.1) is 0 Å². The summed E-state index contributed by atoms with van der Waals surface area (Å²) >= 11 is 3.08. The van der Waals surface area contributed by atoms with Crippen LogP contribution >= 0.6 is 15.9 Å². The quantitative estimate of drug-likeness (QED) is 0.769. The third-order valence-corrected chi connectivity index (χ3v) is 4.30. The third kappa shape index (κ3) is 4.18. The smallest absolute Gasteiger partial charge is 0.349 e. The van der Waals surface area contributed by atoms with Gasteiger partial charge in [-0.3, -0.25) is 4.79 Å². The van der Waals surface area contributed by atoms with E-state index >= 15 is 0 Å². The average Bonchev–Trinajstić information content (AvgIpc) is 2.37. The van der Waals surface area contributed by atoms with E-state index in [9.17, 15) is 22.4 Å². The molecule has 0 aliphatic heterocycles. The second-order valence-corrected chi connectivity index (χ2v) is 6.05. The Morgan fingerprint density at radius 1 is 1.29 bits per heavy atom. The van der Waals surface area contributed by atoms with E-state index in [1.165, 1.54) is 6.07 Å². The van der Waals surface area contributed by atoms with E-state index in [4.69, 9.17) is 0 Å². The lowest BCUT2D eigenvalue weighted by atomic mass is 9.85. The van der Waals surface area contributed by atoms with Crippen molar-refractivity contribution in [2.45, 2.75) is 37.9 Å². The van der Waals surface area contributed by atoms with Crippen LogP contribution in [0.15, 0.2) is 22.7 Å². The Balaban J connectivity index is 2.02. The van der Waals surface area contributed by atoms with Gasteiger partial charge in [-0.2, -0.15) is 13.2 Å². The summed E-state index contributed by atoms with van der Waals surface area (Å²) in [4.78, 5) is 12.1. The van der Waals surface area contributed by atoms with E-state index in [0.29, 0.717) is 12.8 Å². The number of alkyl halides is 3. The molecule has 1 aromatic rings. The summed E-state index contributed by atoms with van der Waals surface area (Å²) in [5, 5.41) is 2.61. The van der Waals surface area contributed by atoms with Gasteiger partial charge >= 0.3 is 6.18 Å². The minimum Gasteiger partial charge on any atom is -0.349 e. The predicted molar refractivity (Wildman–Crippen MR) is 73.4 cm³/mol. The van der Waals surface area contributed by atoms with Gasteiger partial charge in [0.25, 0.3) is 5.91 Å². The number of nitrogens with one attached hydrogen (secondary N) is 1. The van der Waals surface area contributed by atoms with Crippen molar-refractivity contribution in [3.05, 3.63) is 34.1 Å². The lowest BCUT2D eigenvalue weighted by Gasteiger charge is -2.31. The molecule has 1 aromatic carbocycles. The summed E-state index contributed by atoms with van der Waals surface area (Å²) in [6.45, 7) is 0. The first-order valence-electron chi connectivity index (χ1n) is 6.60. The van der Waals surface area contributed by atoms with E-state index < -0.39 is 29.9 Å². The molecule has 1 fully saturated rings. The van der Waals surface area contributed by atoms with Crippen LogP contribution in [0.5, 0.6) is 0 Å². The number of benzene rings is 1. The molecule has 2 atom stereocenters. The number of carbonyl (C=O) groups excluding carboxylic acids is 1. The van der Waals surface area contributed by atoms with Gasteiger partial charge in [0.2, 0.25) is 0 Å². The zero-order valence-corrected chi connectivity index (χ0v) is 12.6. The summed E-state index contributed by atoms with van der Waals surface area (Å²) in [5.41, 5.74) is 0.213. The van der Waals surface area contributed by atoms with Gasteiger partial charge in [0.15, 0.2) is 0 Å². The van der Waals surface area contributed by atoms with Crippen molar-refractivity contribution in [1.82, 2.24) is 5.32 Å². The van der Waals surface area contributed by atoms with Crippen LogP contribution in [-0.4, -0.2) is 18.1 Å². The maximum Gasteiger partial charge on any atom is 0.391 e. The van der Waals surface area contributed by atoms with E-state index in [1.807, 2.05) is 0 Å². The van der Waals surface area contributed by atoms with E-state index in [2.05, 4.69) is 21.2 Å². The van der Waals surface area contributed by atoms with Gasteiger partial charge in [0.05, 0.1) is 11.5 Å². The van der Waals surface area contributed by atoms with Crippen LogP contribution in [0.3, 0.4) is 0 Å². The summed E-state index contributed by atoms with van der Waals surface area (Å²) in [7, 11) is 0. The molecule has 7 heteroatoms. The Morgan fingerprint density at radius 2 is 2.00 bits per heavy atom. The number of hydrogen-bond donors (Lipinski definition) is 1. The van der Waals surface area contributed by atoms with Crippen LogP contribution in [0.4, 0.5) is 17.6 Å². The normalized spacial score (nSPS) is 22.9. The van der Waals surface area contributed by atoms with Crippen molar-refractivity contribution in [2.24, 2.45) is 5.92 Å². The maximum absolute atomic E-state index is 13.0. The van der Waals surface area contributed by atoms with Crippen molar-refractivity contribution in [1.29, 1.82) is 0 Å². The fourth-order valence-electron chi connectivity index (χ4n) is 2.55. The Labute approximate surface area is 128 Å². The highest BCUT2D eigenvalue weighted by Gasteiger charge is 2.42. The van der Waals surface area contributed by atoms with Crippen molar-refractivity contribution in [2.75, 3.05) is 0 Å². The van der Waals surface area contributed by atoms with Crippen LogP contribution < -0.4 is 5.32 Å². The Kier molecular flexibility index (Phi) is 4.91. The monoisotopic (exact) mass is 367 g/mol. The summed E-state index contributed by atoms with van der Waals surface area (Å²) < 4.78 is 51.4. The molecule has 1 N–H and O–H groups in total. The molecular weight excluding hydrogens is 354 g/mol. The molecule has 2 rings (SSSR count). The largest absolute Gasteiger partial charge is 0.391 e. The van der Waals surface area contributed by atoms with E-state index in [0.717, 1.165) is 12.1 Å². The highest BCUT2D eigenvalue weighted by atomic mass is 79.9. The van der Waals surface area contributed by atoms with Gasteiger partial charge in [0, 0.05) is 10.5 Å². The van der Waals surface area contributed by atoms with Gasteiger partial charge in [-0.1, -0.05) is 6.42 Å². The van der Waals surface area contributed by atoms with Crippen molar-refractivity contribution < 1.29 is 22.4 Å². The Bertz CT molecular complexity index is 532. The molecule has 0 aromatic heterocycles. The second kappa shape index (κ2) is 6.34. The number of carbonyl (C=O) groups is 1. The van der Waals surface area contributed by atoms with Gasteiger partial charge < -0.3 is 5.32 Å². The van der Waals surface area contributed by atoms with Crippen molar-refractivity contribution in [3.8, 4) is 0 Å². The molecule has 0 bridgehead atoms. The Morgan fingerprint density at radius 3 is 2.62 bits per heavy atom. The molecule has 2 unspecified atom stereocenters. The standard InChI is InChI=1S/C14H14BrF4NO/c15-12-7-9(16)4-5-11(12)13(21)20-10-3-1-2-8(6-10)14(17,18)19/h4-5,7-8,10H,1-3,6H2,(H,20,21). The number of amides is 1. The predicted octanol–water partition coefficient (Wildman–Crippen LogP) is 4.44. The molecule has 0 spiro atoms. The highest BCUT2D eigenvalue weighted by molar-refractivity contribution is 9.10. The molecule has 0 saturated heterocycles. The highest BCUT2D eigenvalue weighted by Crippen LogP contribution is 2.37. The topological polar surface area (TPSA) is 29.1 Å². The zero-order valence-electron chi connectivity index (χ0n) is 11.0. The molecule has 21 heavy (non-hydrogen) atoms. The first-order chi connectivity index (χ1) is 9.77.